The molecular formula is C48H26N2. The Balaban J connectivity index is 1.39. The predicted octanol–water partition coefficient (Wildman–Crippen LogP) is 13.0. The van der Waals surface area contributed by atoms with E-state index in [1.54, 1.807) is 0 Å². The van der Waals surface area contributed by atoms with Crippen LogP contribution in [0.4, 0.5) is 0 Å². The smallest absolute Gasteiger partial charge is 0.0642 e. The summed E-state index contributed by atoms with van der Waals surface area (Å²) in [5, 5.41) is 10.5. The summed E-state index contributed by atoms with van der Waals surface area (Å²) in [7, 11) is 0. The van der Waals surface area contributed by atoms with E-state index in [1.165, 1.54) is 121 Å². The Bertz CT molecular complexity index is 3430. The molecule has 0 saturated heterocycles. The average Bonchev–Trinajstić information content (AvgIpc) is 3.90. The highest BCUT2D eigenvalue weighted by Crippen LogP contribution is 2.55. The summed E-state index contributed by atoms with van der Waals surface area (Å²) in [5.41, 5.74) is 17.9. The van der Waals surface area contributed by atoms with Gasteiger partial charge in [0.05, 0.1) is 33.1 Å². The molecule has 0 radical (unpaired) electrons. The van der Waals surface area contributed by atoms with Crippen LogP contribution < -0.4 is 0 Å². The molecule has 0 spiro atoms. The van der Waals surface area contributed by atoms with Gasteiger partial charge in [-0.2, -0.15) is 0 Å². The van der Waals surface area contributed by atoms with Crippen molar-refractivity contribution in [3.05, 3.63) is 158 Å². The van der Waals surface area contributed by atoms with Crippen LogP contribution in [0.3, 0.4) is 0 Å². The maximum Gasteiger partial charge on any atom is 0.0642 e. The highest BCUT2D eigenvalue weighted by molar-refractivity contribution is 6.37. The number of fused-ring (bicyclic) bond motifs is 22. The lowest BCUT2D eigenvalue weighted by atomic mass is 9.79. The van der Waals surface area contributed by atoms with Crippen LogP contribution in [0.15, 0.2) is 158 Å². The molecule has 4 aromatic heterocycles. The average molecular weight is 631 g/mol. The van der Waals surface area contributed by atoms with Crippen molar-refractivity contribution in [3.8, 4) is 44.5 Å². The molecule has 12 aromatic rings. The fourth-order valence-corrected chi connectivity index (χ4v) is 9.89. The summed E-state index contributed by atoms with van der Waals surface area (Å²) >= 11 is 0. The summed E-state index contributed by atoms with van der Waals surface area (Å²) in [6.07, 6.45) is 0. The quantitative estimate of drug-likeness (QED) is 0.158. The zero-order chi connectivity index (χ0) is 32.2. The van der Waals surface area contributed by atoms with Crippen LogP contribution in [-0.4, -0.2) is 8.80 Å². The molecule has 0 N–H and O–H groups in total. The molecule has 0 amide bonds. The Morgan fingerprint density at radius 1 is 0.260 bits per heavy atom. The first-order valence-electron chi connectivity index (χ1n) is 17.5. The molecule has 1 aliphatic carbocycles. The van der Waals surface area contributed by atoms with E-state index < -0.39 is 0 Å². The second-order valence-electron chi connectivity index (χ2n) is 14.0. The molecule has 2 nitrogen and oxygen atoms in total. The molecule has 0 saturated carbocycles. The van der Waals surface area contributed by atoms with E-state index in [0.29, 0.717) is 0 Å². The van der Waals surface area contributed by atoms with Crippen LogP contribution in [0.1, 0.15) is 0 Å². The monoisotopic (exact) mass is 630 g/mol. The fourth-order valence-electron chi connectivity index (χ4n) is 9.89. The first-order chi connectivity index (χ1) is 24.9. The molecule has 0 atom stereocenters. The molecule has 0 fully saturated rings. The topological polar surface area (TPSA) is 8.82 Å². The van der Waals surface area contributed by atoms with Crippen LogP contribution in [0.5, 0.6) is 0 Å². The Kier molecular flexibility index (Phi) is 4.41. The van der Waals surface area contributed by atoms with Crippen molar-refractivity contribution >= 4 is 76.2 Å². The Morgan fingerprint density at radius 3 is 1.40 bits per heavy atom. The largest absolute Gasteiger partial charge is 0.308 e. The number of aromatic nitrogens is 2. The number of nitrogens with zero attached hydrogens (tertiary/aromatic N) is 2. The first-order valence-corrected chi connectivity index (χ1v) is 17.5. The second-order valence-corrected chi connectivity index (χ2v) is 14.0. The molecule has 4 heterocycles. The van der Waals surface area contributed by atoms with Gasteiger partial charge in [0, 0.05) is 48.7 Å². The maximum absolute atomic E-state index is 2.58. The van der Waals surface area contributed by atoms with Gasteiger partial charge in [-0.25, -0.2) is 0 Å². The van der Waals surface area contributed by atoms with E-state index in [1.807, 2.05) is 0 Å². The van der Waals surface area contributed by atoms with E-state index in [9.17, 15) is 0 Å². The van der Waals surface area contributed by atoms with E-state index in [-0.39, 0.29) is 0 Å². The third kappa shape index (κ3) is 2.79. The summed E-state index contributed by atoms with van der Waals surface area (Å²) in [6.45, 7) is 0. The highest BCUT2D eigenvalue weighted by atomic mass is 14.9. The normalized spacial score (nSPS) is 12.8. The number of benzene rings is 8. The standard InChI is InChI=1S/C48H26N2/c1-2-13-28-27(12-1)29-14-3-4-16-31(29)38-26-39-33-18-8-9-22-40(33)49-42-25-24-37-36-21-11-20-35-32-17-7-10-23-41(32)50(46(35)36)47(37)44(42)45(48(39)49)43(38)34-19-6-5-15-30(28)34/h1-26H. The summed E-state index contributed by atoms with van der Waals surface area (Å²) in [5.74, 6) is 0. The Hall–Kier alpha value is -6.64. The van der Waals surface area contributed by atoms with E-state index in [4.69, 9.17) is 0 Å². The zero-order valence-corrected chi connectivity index (χ0v) is 26.9. The molecule has 13 rings (SSSR count). The highest BCUT2D eigenvalue weighted by Gasteiger charge is 2.30. The van der Waals surface area contributed by atoms with Gasteiger partial charge in [-0.3, -0.25) is 0 Å². The van der Waals surface area contributed by atoms with E-state index >= 15 is 0 Å². The van der Waals surface area contributed by atoms with Crippen molar-refractivity contribution in [2.45, 2.75) is 0 Å². The summed E-state index contributed by atoms with van der Waals surface area (Å²) < 4.78 is 5.13. The lowest BCUT2D eigenvalue weighted by Crippen LogP contribution is -1.97. The van der Waals surface area contributed by atoms with Gasteiger partial charge in [-0.15, -0.1) is 0 Å². The van der Waals surface area contributed by atoms with Gasteiger partial charge in [0.1, 0.15) is 0 Å². The molecule has 8 aromatic carbocycles. The predicted molar refractivity (Wildman–Crippen MR) is 211 cm³/mol. The van der Waals surface area contributed by atoms with Crippen LogP contribution in [0.25, 0.3) is 121 Å². The molecule has 0 aliphatic heterocycles. The van der Waals surface area contributed by atoms with Gasteiger partial charge in [-0.1, -0.05) is 133 Å². The first kappa shape index (κ1) is 25.4. The lowest BCUT2D eigenvalue weighted by molar-refractivity contribution is 1.36. The number of para-hydroxylation sites is 3. The van der Waals surface area contributed by atoms with Crippen molar-refractivity contribution in [2.24, 2.45) is 0 Å². The van der Waals surface area contributed by atoms with Crippen LogP contribution in [0.2, 0.25) is 0 Å². The third-order valence-electron chi connectivity index (χ3n) is 11.7. The van der Waals surface area contributed by atoms with Gasteiger partial charge in [0.2, 0.25) is 0 Å². The molecule has 228 valence electrons. The number of hydrogen-bond acceptors (Lipinski definition) is 0. The molecule has 0 bridgehead atoms. The van der Waals surface area contributed by atoms with Crippen LogP contribution in [-0.2, 0) is 0 Å². The summed E-state index contributed by atoms with van der Waals surface area (Å²) in [4.78, 5) is 0. The number of rotatable bonds is 0. The van der Waals surface area contributed by atoms with Crippen molar-refractivity contribution in [3.63, 3.8) is 0 Å². The van der Waals surface area contributed by atoms with Gasteiger partial charge >= 0.3 is 0 Å². The van der Waals surface area contributed by atoms with Gasteiger partial charge in [0.15, 0.2) is 0 Å². The van der Waals surface area contributed by atoms with Crippen molar-refractivity contribution in [1.82, 2.24) is 8.80 Å². The second kappa shape index (κ2) is 8.68. The van der Waals surface area contributed by atoms with Crippen molar-refractivity contribution < 1.29 is 0 Å². The van der Waals surface area contributed by atoms with Gasteiger partial charge in [-0.05, 0) is 63.2 Å². The maximum atomic E-state index is 2.58. The number of hydrogen-bond donors (Lipinski definition) is 0. The molecular weight excluding hydrogens is 605 g/mol. The SMILES string of the molecule is c1ccc2c(c1)-c1ccccc1-c1cc3c4ccccc4n4c5ccc6c7cccc8c9ccccc9n(c87)c6c5c(c1-c1ccccc1-2)c34. The van der Waals surface area contributed by atoms with Gasteiger partial charge in [0.25, 0.3) is 0 Å². The van der Waals surface area contributed by atoms with Crippen molar-refractivity contribution in [1.29, 1.82) is 0 Å². The molecule has 0 unspecified atom stereocenters. The Morgan fingerprint density at radius 2 is 0.720 bits per heavy atom. The molecule has 2 heteroatoms. The minimum atomic E-state index is 1.25. The summed E-state index contributed by atoms with van der Waals surface area (Å²) in [6, 6.07) is 59.1. The van der Waals surface area contributed by atoms with Gasteiger partial charge < -0.3 is 8.80 Å². The van der Waals surface area contributed by atoms with E-state index in [0.717, 1.165) is 0 Å². The van der Waals surface area contributed by atoms with E-state index in [2.05, 4.69) is 167 Å². The van der Waals surface area contributed by atoms with Crippen LogP contribution >= 0.6 is 0 Å². The van der Waals surface area contributed by atoms with Crippen LogP contribution in [0, 0.1) is 0 Å². The molecule has 50 heavy (non-hydrogen) atoms. The minimum Gasteiger partial charge on any atom is -0.308 e. The Labute approximate surface area is 286 Å². The lowest BCUT2D eigenvalue weighted by Gasteiger charge is -2.24. The fraction of sp³-hybridized carbons (Fsp3) is 0. The third-order valence-corrected chi connectivity index (χ3v) is 11.7. The van der Waals surface area contributed by atoms with Crippen molar-refractivity contribution in [2.75, 3.05) is 0 Å². The zero-order valence-electron chi connectivity index (χ0n) is 26.9. The minimum absolute atomic E-state index is 1.25. The molecule has 1 aliphatic rings.